The molecule has 1 atom stereocenters. The van der Waals surface area contributed by atoms with Gasteiger partial charge >= 0.3 is 0 Å². The molecule has 3 rings (SSSR count). The molecule has 1 N–H and O–H groups in total. The smallest absolute Gasteiger partial charge is 0.231 e. The average Bonchev–Trinajstić information content (AvgIpc) is 2.90. The third-order valence-corrected chi connectivity index (χ3v) is 3.96. The molecule has 0 aliphatic carbocycles. The van der Waals surface area contributed by atoms with Crippen LogP contribution >= 0.6 is 24.0 Å². The number of hydrogen-bond acceptors (Lipinski definition) is 5. The Labute approximate surface area is 135 Å². The van der Waals surface area contributed by atoms with Crippen molar-refractivity contribution in [3.63, 3.8) is 0 Å². The maximum absolute atomic E-state index is 6.14. The van der Waals surface area contributed by atoms with Crippen molar-refractivity contribution < 1.29 is 4.52 Å². The fourth-order valence-electron chi connectivity index (χ4n) is 2.37. The number of halogens is 2. The number of benzene rings is 1. The minimum atomic E-state index is 0. The molecule has 21 heavy (non-hydrogen) atoms. The standard InChI is InChI=1S/C14H17ClN4O.ClH/c1-19-7-6-16-9-12(19)14-17-13(20-18-14)8-10-4-2-3-5-11(10)15;/h2-5,12,16H,6-9H2,1H3;1H. The fraction of sp³-hybridized carbons (Fsp3) is 0.429. The Balaban J connectivity index is 0.00000161. The summed E-state index contributed by atoms with van der Waals surface area (Å²) in [5.74, 6) is 1.34. The molecule has 5 nitrogen and oxygen atoms in total. The third kappa shape index (κ3) is 3.74. The van der Waals surface area contributed by atoms with Gasteiger partial charge in [-0.1, -0.05) is 35.0 Å². The number of rotatable bonds is 3. The zero-order chi connectivity index (χ0) is 13.9. The summed E-state index contributed by atoms with van der Waals surface area (Å²) in [6.45, 7) is 2.83. The number of nitrogens with zero attached hydrogens (tertiary/aromatic N) is 3. The van der Waals surface area contributed by atoms with Crippen LogP contribution in [0.25, 0.3) is 0 Å². The topological polar surface area (TPSA) is 54.2 Å². The molecule has 2 heterocycles. The molecule has 0 spiro atoms. The highest BCUT2D eigenvalue weighted by Gasteiger charge is 2.25. The van der Waals surface area contributed by atoms with Crippen LogP contribution in [0.1, 0.15) is 23.3 Å². The monoisotopic (exact) mass is 328 g/mol. The molecule has 1 aliphatic heterocycles. The Bertz CT molecular complexity index is 590. The molecule has 1 aromatic heterocycles. The molecule has 0 amide bonds. The largest absolute Gasteiger partial charge is 0.339 e. The van der Waals surface area contributed by atoms with Gasteiger partial charge < -0.3 is 9.84 Å². The Kier molecular flexibility index (Phi) is 5.58. The van der Waals surface area contributed by atoms with E-state index in [-0.39, 0.29) is 18.4 Å². The number of likely N-dealkylation sites (N-methyl/N-ethyl adjacent to an activating group) is 1. The number of piperazine rings is 1. The van der Waals surface area contributed by atoms with Crippen molar-refractivity contribution in [3.05, 3.63) is 46.6 Å². The number of nitrogens with one attached hydrogen (secondary N) is 1. The second kappa shape index (κ2) is 7.22. The Morgan fingerprint density at radius 3 is 3.00 bits per heavy atom. The summed E-state index contributed by atoms with van der Waals surface area (Å²) in [5.41, 5.74) is 1.000. The Morgan fingerprint density at radius 2 is 2.24 bits per heavy atom. The second-order valence-corrected chi connectivity index (χ2v) is 5.42. The van der Waals surface area contributed by atoms with Crippen LogP contribution in [0.3, 0.4) is 0 Å². The van der Waals surface area contributed by atoms with Crippen molar-refractivity contribution >= 4 is 24.0 Å². The maximum atomic E-state index is 6.14. The summed E-state index contributed by atoms with van der Waals surface area (Å²) < 4.78 is 5.35. The van der Waals surface area contributed by atoms with Crippen molar-refractivity contribution in [2.45, 2.75) is 12.5 Å². The van der Waals surface area contributed by atoms with Crippen LogP contribution in [0, 0.1) is 0 Å². The highest BCUT2D eigenvalue weighted by Crippen LogP contribution is 2.21. The first-order valence-corrected chi connectivity index (χ1v) is 7.08. The lowest BCUT2D eigenvalue weighted by Gasteiger charge is -2.30. The highest BCUT2D eigenvalue weighted by molar-refractivity contribution is 6.31. The first kappa shape index (κ1) is 16.2. The van der Waals surface area contributed by atoms with E-state index >= 15 is 0 Å². The molecule has 1 aromatic carbocycles. The van der Waals surface area contributed by atoms with E-state index in [1.165, 1.54) is 0 Å². The Morgan fingerprint density at radius 1 is 1.43 bits per heavy atom. The van der Waals surface area contributed by atoms with Crippen LogP contribution in [-0.2, 0) is 6.42 Å². The van der Waals surface area contributed by atoms with Crippen molar-refractivity contribution in [1.29, 1.82) is 0 Å². The lowest BCUT2D eigenvalue weighted by atomic mass is 10.1. The minimum Gasteiger partial charge on any atom is -0.339 e. The third-order valence-electron chi connectivity index (χ3n) is 3.59. The first-order valence-electron chi connectivity index (χ1n) is 6.71. The van der Waals surface area contributed by atoms with Gasteiger partial charge in [0.05, 0.1) is 12.5 Å². The van der Waals surface area contributed by atoms with E-state index in [1.54, 1.807) is 0 Å². The molecule has 114 valence electrons. The summed E-state index contributed by atoms with van der Waals surface area (Å²) in [4.78, 5) is 6.74. The predicted molar refractivity (Wildman–Crippen MR) is 84.0 cm³/mol. The van der Waals surface area contributed by atoms with Crippen molar-refractivity contribution in [2.75, 3.05) is 26.7 Å². The molecule has 1 aliphatic rings. The fourth-order valence-corrected chi connectivity index (χ4v) is 2.58. The lowest BCUT2D eigenvalue weighted by molar-refractivity contribution is 0.190. The molecule has 0 bridgehead atoms. The van der Waals surface area contributed by atoms with E-state index < -0.39 is 0 Å². The number of aromatic nitrogens is 2. The van der Waals surface area contributed by atoms with Gasteiger partial charge in [0.25, 0.3) is 0 Å². The van der Waals surface area contributed by atoms with E-state index in [0.717, 1.165) is 36.0 Å². The zero-order valence-electron chi connectivity index (χ0n) is 11.8. The summed E-state index contributed by atoms with van der Waals surface area (Å²) in [6, 6.07) is 7.88. The molecular weight excluding hydrogens is 311 g/mol. The quantitative estimate of drug-likeness (QED) is 0.937. The lowest BCUT2D eigenvalue weighted by Crippen LogP contribution is -2.44. The van der Waals surface area contributed by atoms with E-state index in [4.69, 9.17) is 16.1 Å². The van der Waals surface area contributed by atoms with Gasteiger partial charge in [0.15, 0.2) is 5.82 Å². The van der Waals surface area contributed by atoms with Gasteiger partial charge in [-0.25, -0.2) is 0 Å². The van der Waals surface area contributed by atoms with E-state index in [1.807, 2.05) is 24.3 Å². The zero-order valence-corrected chi connectivity index (χ0v) is 13.3. The van der Waals surface area contributed by atoms with E-state index in [2.05, 4.69) is 27.4 Å². The van der Waals surface area contributed by atoms with Crippen LogP contribution in [0.15, 0.2) is 28.8 Å². The summed E-state index contributed by atoms with van der Waals surface area (Å²) in [7, 11) is 2.08. The highest BCUT2D eigenvalue weighted by atomic mass is 35.5. The second-order valence-electron chi connectivity index (χ2n) is 5.02. The molecule has 1 fully saturated rings. The van der Waals surface area contributed by atoms with Crippen molar-refractivity contribution in [3.8, 4) is 0 Å². The van der Waals surface area contributed by atoms with Gasteiger partial charge in [0, 0.05) is 24.7 Å². The molecule has 1 saturated heterocycles. The summed E-state index contributed by atoms with van der Waals surface area (Å²) in [5, 5.41) is 8.18. The molecule has 2 aromatic rings. The van der Waals surface area contributed by atoms with E-state index in [9.17, 15) is 0 Å². The average molecular weight is 329 g/mol. The molecule has 0 radical (unpaired) electrons. The minimum absolute atomic E-state index is 0. The summed E-state index contributed by atoms with van der Waals surface area (Å²) in [6.07, 6.45) is 0.566. The van der Waals surface area contributed by atoms with Gasteiger partial charge in [-0.3, -0.25) is 4.90 Å². The van der Waals surface area contributed by atoms with Crippen LogP contribution in [0.4, 0.5) is 0 Å². The molecule has 7 heteroatoms. The van der Waals surface area contributed by atoms with Crippen LogP contribution in [-0.4, -0.2) is 41.7 Å². The van der Waals surface area contributed by atoms with Gasteiger partial charge in [0.2, 0.25) is 5.89 Å². The first-order chi connectivity index (χ1) is 9.74. The molecule has 0 saturated carbocycles. The van der Waals surface area contributed by atoms with Gasteiger partial charge in [-0.05, 0) is 18.7 Å². The van der Waals surface area contributed by atoms with Crippen LogP contribution in [0.5, 0.6) is 0 Å². The molecular formula is C14H18Cl2N4O. The van der Waals surface area contributed by atoms with E-state index in [0.29, 0.717) is 12.3 Å². The van der Waals surface area contributed by atoms with Gasteiger partial charge in [-0.2, -0.15) is 4.98 Å². The van der Waals surface area contributed by atoms with Gasteiger partial charge in [0.1, 0.15) is 0 Å². The predicted octanol–water partition coefficient (Wildman–Crippen LogP) is 2.31. The summed E-state index contributed by atoms with van der Waals surface area (Å²) >= 11 is 6.14. The van der Waals surface area contributed by atoms with Crippen LogP contribution < -0.4 is 5.32 Å². The maximum Gasteiger partial charge on any atom is 0.231 e. The Hall–Kier alpha value is -1.14. The SMILES string of the molecule is CN1CCNCC1c1noc(Cc2ccccc2Cl)n1.Cl. The van der Waals surface area contributed by atoms with Crippen molar-refractivity contribution in [2.24, 2.45) is 0 Å². The van der Waals surface area contributed by atoms with Crippen LogP contribution in [0.2, 0.25) is 5.02 Å². The van der Waals surface area contributed by atoms with Gasteiger partial charge in [-0.15, -0.1) is 12.4 Å². The van der Waals surface area contributed by atoms with Crippen molar-refractivity contribution in [1.82, 2.24) is 20.4 Å². The normalized spacial score (nSPS) is 19.2. The molecule has 1 unspecified atom stereocenters. The number of hydrogen-bond donors (Lipinski definition) is 1.